The Morgan fingerprint density at radius 2 is 0.509 bits per heavy atom. The highest BCUT2D eigenvalue weighted by Gasteiger charge is 2.40. The lowest BCUT2D eigenvalue weighted by atomic mass is 10.1. The molecule has 4 aromatic carbocycles. The zero-order chi connectivity index (χ0) is 43.1. The first-order valence-electron chi connectivity index (χ1n) is 16.4. The number of hydrogen-bond acceptors (Lipinski definition) is 0. The van der Waals surface area contributed by atoms with E-state index in [0.29, 0.717) is 0 Å². The van der Waals surface area contributed by atoms with Crippen LogP contribution in [0.2, 0.25) is 0 Å². The Hall–Kier alpha value is -3.52. The maximum absolute atomic E-state index is 13.8. The highest BCUT2D eigenvalue weighted by atomic mass is 31.1. The van der Waals surface area contributed by atoms with Crippen LogP contribution in [0.4, 0.5) is 79.0 Å². The van der Waals surface area contributed by atoms with E-state index < -0.39 is 103 Å². The summed E-state index contributed by atoms with van der Waals surface area (Å²) in [6, 6.07) is 6.31. The van der Waals surface area contributed by atoms with E-state index in [1.165, 1.54) is 26.0 Å². The van der Waals surface area contributed by atoms with E-state index in [0.717, 1.165) is 24.3 Å². The fraction of sp³-hybridized carbons (Fsp3) is 0.351. The minimum atomic E-state index is -5.41. The fourth-order valence-corrected chi connectivity index (χ4v) is 11.1. The van der Waals surface area contributed by atoms with Crippen molar-refractivity contribution in [3.05, 3.63) is 117 Å². The SMILES string of the molecule is Cc1cc(P(CCCCCP(c2cc(C(F)(F)F)cc(C(F)(F)F)c2)c2cc(C(F)(F)F)cc(C(F)(F)F)c2)c2cc(C)cc(C(F)(F)F)c2)cc(C(F)(F)F)c1. The molecule has 57 heavy (non-hydrogen) atoms. The molecule has 20 heteroatoms. The van der Waals surface area contributed by atoms with Crippen molar-refractivity contribution in [1.29, 1.82) is 0 Å². The molecule has 0 saturated carbocycles. The molecule has 0 heterocycles. The maximum Gasteiger partial charge on any atom is 0.416 e. The van der Waals surface area contributed by atoms with Gasteiger partial charge in [0.2, 0.25) is 0 Å². The van der Waals surface area contributed by atoms with Gasteiger partial charge in [-0.15, -0.1) is 0 Å². The second-order valence-electron chi connectivity index (χ2n) is 13.0. The Morgan fingerprint density at radius 3 is 0.737 bits per heavy atom. The topological polar surface area (TPSA) is 0 Å². The highest BCUT2D eigenvalue weighted by Crippen LogP contribution is 2.45. The summed E-state index contributed by atoms with van der Waals surface area (Å²) in [5.41, 5.74) is -9.36. The zero-order valence-electron chi connectivity index (χ0n) is 29.2. The van der Waals surface area contributed by atoms with Gasteiger partial charge < -0.3 is 0 Å². The van der Waals surface area contributed by atoms with Gasteiger partial charge in [-0.1, -0.05) is 18.6 Å². The van der Waals surface area contributed by atoms with Crippen molar-refractivity contribution in [3.8, 4) is 0 Å². The lowest BCUT2D eigenvalue weighted by Crippen LogP contribution is -2.23. The average Bonchev–Trinajstić information content (AvgIpc) is 3.04. The standard InChI is InChI=1S/C37H28F18P2/c1-20-8-22(32(38,39)40)14-28(10-20)56(29-11-21(2)9-23(15-29)33(41,42)43)6-4-3-5-7-57(30-16-24(34(44,45)46)12-25(17-30)35(47,48)49)31-18-26(36(50,51)52)13-27(19-31)37(53,54)55/h8-19H,3-7H2,1-2H3. The number of aryl methyl sites for hydroxylation is 2. The van der Waals surface area contributed by atoms with E-state index in [4.69, 9.17) is 0 Å². The summed E-state index contributed by atoms with van der Waals surface area (Å²) in [6.07, 6.45) is -32.3. The zero-order valence-corrected chi connectivity index (χ0v) is 31.0. The molecule has 312 valence electrons. The van der Waals surface area contributed by atoms with Crippen molar-refractivity contribution in [2.75, 3.05) is 12.3 Å². The first kappa shape index (κ1) is 46.2. The van der Waals surface area contributed by atoms with Crippen LogP contribution in [-0.2, 0) is 37.1 Å². The maximum atomic E-state index is 13.8. The van der Waals surface area contributed by atoms with E-state index in [2.05, 4.69) is 0 Å². The molecule has 0 atom stereocenters. The fourth-order valence-electron chi connectivity index (χ4n) is 5.88. The van der Waals surface area contributed by atoms with Crippen molar-refractivity contribution in [1.82, 2.24) is 0 Å². The van der Waals surface area contributed by atoms with Crippen molar-refractivity contribution >= 4 is 37.1 Å². The van der Waals surface area contributed by atoms with Crippen LogP contribution in [0.3, 0.4) is 0 Å². The smallest absolute Gasteiger partial charge is 0.166 e. The van der Waals surface area contributed by atoms with Gasteiger partial charge in [-0.25, -0.2) is 0 Å². The van der Waals surface area contributed by atoms with Crippen molar-refractivity contribution in [2.24, 2.45) is 0 Å². The molecule has 0 amide bonds. The Morgan fingerprint density at radius 1 is 0.298 bits per heavy atom. The minimum Gasteiger partial charge on any atom is -0.166 e. The number of unbranched alkanes of at least 4 members (excludes halogenated alkanes) is 2. The Kier molecular flexibility index (Phi) is 13.5. The van der Waals surface area contributed by atoms with E-state index in [1.807, 2.05) is 0 Å². The number of alkyl halides is 18. The van der Waals surface area contributed by atoms with Gasteiger partial charge in [-0.3, -0.25) is 0 Å². The molecule has 0 radical (unpaired) electrons. The predicted octanol–water partition coefficient (Wildman–Crippen LogP) is 13.2. The molecule has 4 aromatic rings. The van der Waals surface area contributed by atoms with Crippen molar-refractivity contribution < 1.29 is 79.0 Å². The third-order valence-corrected chi connectivity index (χ3v) is 13.5. The van der Waals surface area contributed by atoms with Gasteiger partial charge in [-0.2, -0.15) is 79.0 Å². The molecule has 0 aromatic heterocycles. The molecule has 0 spiro atoms. The van der Waals surface area contributed by atoms with Crippen molar-refractivity contribution in [3.63, 3.8) is 0 Å². The summed E-state index contributed by atoms with van der Waals surface area (Å²) in [5.74, 6) is 0. The number of halogens is 18. The first-order valence-corrected chi connectivity index (χ1v) is 19.4. The van der Waals surface area contributed by atoms with Gasteiger partial charge in [0.05, 0.1) is 33.4 Å². The van der Waals surface area contributed by atoms with Crippen molar-refractivity contribution in [2.45, 2.75) is 70.2 Å². The van der Waals surface area contributed by atoms with E-state index in [-0.39, 0.29) is 83.6 Å². The largest absolute Gasteiger partial charge is 0.416 e. The molecule has 0 bridgehead atoms. The second kappa shape index (κ2) is 16.6. The number of hydrogen-bond donors (Lipinski definition) is 0. The molecule has 0 N–H and O–H groups in total. The van der Waals surface area contributed by atoms with Gasteiger partial charge in [-0.05, 0) is 148 Å². The molecule has 4 rings (SSSR count). The summed E-state index contributed by atoms with van der Waals surface area (Å²) in [5, 5.41) is -1.60. The predicted molar refractivity (Wildman–Crippen MR) is 181 cm³/mol. The molecular weight excluding hydrogens is 848 g/mol. The van der Waals surface area contributed by atoms with E-state index in [1.54, 1.807) is 0 Å². The van der Waals surface area contributed by atoms with Crippen LogP contribution in [-0.4, -0.2) is 12.3 Å². The van der Waals surface area contributed by atoms with Gasteiger partial charge in [0.15, 0.2) is 0 Å². The Balaban J connectivity index is 1.77. The highest BCUT2D eigenvalue weighted by molar-refractivity contribution is 7.73. The van der Waals surface area contributed by atoms with Crippen LogP contribution < -0.4 is 21.2 Å². The lowest BCUT2D eigenvalue weighted by Gasteiger charge is -2.24. The molecule has 0 aliphatic carbocycles. The number of rotatable bonds is 10. The summed E-state index contributed by atoms with van der Waals surface area (Å²) in [7, 11) is -4.81. The van der Waals surface area contributed by atoms with Crippen LogP contribution in [0.1, 0.15) is 63.8 Å². The third kappa shape index (κ3) is 12.3. The molecule has 0 nitrogen and oxygen atoms in total. The molecular formula is C37H28F18P2. The second-order valence-corrected chi connectivity index (χ2v) is 17.7. The van der Waals surface area contributed by atoms with Gasteiger partial charge in [0.25, 0.3) is 0 Å². The van der Waals surface area contributed by atoms with E-state index in [9.17, 15) is 79.0 Å². The Labute approximate surface area is 315 Å². The minimum absolute atomic E-state index is 0.0330. The molecule has 0 fully saturated rings. The van der Waals surface area contributed by atoms with Gasteiger partial charge in [0.1, 0.15) is 0 Å². The molecule has 0 saturated heterocycles. The van der Waals surface area contributed by atoms with Crippen LogP contribution in [0.5, 0.6) is 0 Å². The van der Waals surface area contributed by atoms with Gasteiger partial charge in [0, 0.05) is 0 Å². The quantitative estimate of drug-likeness (QED) is 0.0846. The van der Waals surface area contributed by atoms with Crippen LogP contribution in [0.25, 0.3) is 0 Å². The first-order chi connectivity index (χ1) is 25.8. The van der Waals surface area contributed by atoms with Gasteiger partial charge >= 0.3 is 37.1 Å². The Bertz CT molecular complexity index is 1830. The average molecular weight is 877 g/mol. The third-order valence-electron chi connectivity index (χ3n) is 8.43. The van der Waals surface area contributed by atoms with E-state index >= 15 is 0 Å². The summed E-state index contributed by atoms with van der Waals surface area (Å²) in [4.78, 5) is 0. The molecule has 0 aliphatic heterocycles. The monoisotopic (exact) mass is 876 g/mol. The summed E-state index contributed by atoms with van der Waals surface area (Å²) < 4.78 is 248. The van der Waals surface area contributed by atoms with Crippen LogP contribution in [0, 0.1) is 13.8 Å². The lowest BCUT2D eigenvalue weighted by molar-refractivity contribution is -0.144. The number of benzene rings is 4. The normalized spacial score (nSPS) is 13.6. The van der Waals surface area contributed by atoms with Crippen LogP contribution >= 0.6 is 15.8 Å². The molecule has 0 aliphatic rings. The summed E-state index contributed by atoms with van der Waals surface area (Å²) >= 11 is 0. The van der Waals surface area contributed by atoms with Crippen LogP contribution in [0.15, 0.2) is 72.8 Å². The molecule has 0 unspecified atom stereocenters. The summed E-state index contributed by atoms with van der Waals surface area (Å²) in [6.45, 7) is 2.67.